The zero-order valence-electron chi connectivity index (χ0n) is 26.2. The lowest BCUT2D eigenvalue weighted by Gasteiger charge is -2.06. The van der Waals surface area contributed by atoms with Gasteiger partial charge in [-0.05, 0) is 49.2 Å². The zero-order chi connectivity index (χ0) is 38.9. The van der Waals surface area contributed by atoms with E-state index in [9.17, 15) is 60.7 Å². The van der Waals surface area contributed by atoms with Gasteiger partial charge in [0.05, 0.1) is 65.2 Å². The molecule has 4 aromatic carbocycles. The third kappa shape index (κ3) is 9.93. The van der Waals surface area contributed by atoms with Crippen LogP contribution < -0.4 is 10.9 Å². The van der Waals surface area contributed by atoms with E-state index in [0.717, 1.165) is 0 Å². The number of nitro benzene ring substituents is 6. The number of nitrogens with one attached hydrogen (secondary N) is 2. The van der Waals surface area contributed by atoms with Gasteiger partial charge in [0.25, 0.3) is 11.4 Å². The van der Waals surface area contributed by atoms with Crippen LogP contribution >= 0.6 is 23.2 Å². The smallest absolute Gasteiger partial charge is 0.266 e. The van der Waals surface area contributed by atoms with Crippen LogP contribution in [0.15, 0.2) is 83.0 Å². The average Bonchev–Trinajstić information content (AvgIpc) is 3.08. The van der Waals surface area contributed by atoms with Crippen LogP contribution in [0.5, 0.6) is 0 Å². The van der Waals surface area contributed by atoms with Crippen molar-refractivity contribution >= 4 is 80.1 Å². The maximum Gasteiger partial charge on any atom is 0.308 e. The Balaban J connectivity index is 0.000000280. The molecule has 0 aliphatic heterocycles. The van der Waals surface area contributed by atoms with Crippen LogP contribution in [-0.2, 0) is 0 Å². The second-order valence-electron chi connectivity index (χ2n) is 9.90. The summed E-state index contributed by atoms with van der Waals surface area (Å²) in [6.45, 7) is 3.11. The van der Waals surface area contributed by atoms with Gasteiger partial charge in [-0.15, -0.1) is 0 Å². The van der Waals surface area contributed by atoms with Crippen molar-refractivity contribution in [2.75, 3.05) is 10.9 Å². The molecule has 4 aromatic rings. The van der Waals surface area contributed by atoms with Gasteiger partial charge in [-0.1, -0.05) is 47.5 Å². The summed E-state index contributed by atoms with van der Waals surface area (Å²) in [5.74, 6) is 0. The monoisotopic (exact) mass is 758 g/mol. The molecule has 0 saturated carbocycles. The third-order valence-electron chi connectivity index (χ3n) is 6.53. The minimum atomic E-state index is -0.966. The molecule has 2 N–H and O–H groups in total. The standard InChI is InChI=1S/2C14H10ClN5O6/c2*1-8(9-3-2-4-10(15)5-9)16-17-14-12(19(23)24)6-11(18(21)22)7-13(14)20(25)26/h2*2-7,17H,1H3/b2*16-8+. The first kappa shape index (κ1) is 39.2. The Morgan fingerprint density at radius 1 is 0.500 bits per heavy atom. The van der Waals surface area contributed by atoms with Gasteiger partial charge >= 0.3 is 22.7 Å². The van der Waals surface area contributed by atoms with E-state index in [-0.39, 0.29) is 0 Å². The van der Waals surface area contributed by atoms with Gasteiger partial charge in [-0.2, -0.15) is 10.2 Å². The first-order valence-electron chi connectivity index (χ1n) is 13.8. The summed E-state index contributed by atoms with van der Waals surface area (Å²) in [6.07, 6.45) is 0. The fourth-order valence-electron chi connectivity index (χ4n) is 4.05. The molecule has 0 aliphatic carbocycles. The highest BCUT2D eigenvalue weighted by Gasteiger charge is 2.32. The summed E-state index contributed by atoms with van der Waals surface area (Å²) in [6, 6.07) is 15.6. The highest BCUT2D eigenvalue weighted by Crippen LogP contribution is 2.39. The van der Waals surface area contributed by atoms with Crippen LogP contribution in [0.2, 0.25) is 10.0 Å². The van der Waals surface area contributed by atoms with Crippen molar-refractivity contribution in [3.05, 3.63) is 155 Å². The molecule has 0 aromatic heterocycles. The Labute approximate surface area is 298 Å². The number of nitrogens with zero attached hydrogens (tertiary/aromatic N) is 8. The topological polar surface area (TPSA) is 308 Å². The SMILES string of the molecule is C/C(=N\Nc1c([N+](=O)[O-])cc([N+](=O)[O-])cc1[N+](=O)[O-])c1cccc(Cl)c1.C/C(=N\Nc1c([N+](=O)[O-])cc([N+](=O)[O-])cc1[N+](=O)[O-])c1cccc(Cl)c1. The summed E-state index contributed by atoms with van der Waals surface area (Å²) in [5.41, 5.74) is 0.350. The lowest BCUT2D eigenvalue weighted by atomic mass is 10.1. The predicted octanol–water partition coefficient (Wildman–Crippen LogP) is 7.80. The zero-order valence-corrected chi connectivity index (χ0v) is 27.7. The van der Waals surface area contributed by atoms with E-state index in [1.165, 1.54) is 0 Å². The first-order chi connectivity index (χ1) is 24.4. The minimum Gasteiger partial charge on any atom is -0.266 e. The number of hydrogen-bond acceptors (Lipinski definition) is 16. The fourth-order valence-corrected chi connectivity index (χ4v) is 4.43. The second kappa shape index (κ2) is 17.0. The normalized spacial score (nSPS) is 11.1. The Morgan fingerprint density at radius 2 is 0.788 bits per heavy atom. The number of non-ortho nitro benzene ring substituents is 2. The maximum absolute atomic E-state index is 11.2. The molecule has 22 nitrogen and oxygen atoms in total. The molecule has 0 aliphatic rings. The van der Waals surface area contributed by atoms with E-state index in [0.29, 0.717) is 56.9 Å². The van der Waals surface area contributed by atoms with Gasteiger partial charge in [0.1, 0.15) is 0 Å². The molecule has 0 amide bonds. The van der Waals surface area contributed by atoms with Crippen molar-refractivity contribution in [3.63, 3.8) is 0 Å². The number of hydrazone groups is 2. The second-order valence-corrected chi connectivity index (χ2v) is 10.8. The molecule has 4 rings (SSSR count). The van der Waals surface area contributed by atoms with Crippen LogP contribution in [0.25, 0.3) is 0 Å². The molecular formula is C28H20Cl2N10O12. The van der Waals surface area contributed by atoms with E-state index in [2.05, 4.69) is 21.1 Å². The van der Waals surface area contributed by atoms with Crippen molar-refractivity contribution in [2.45, 2.75) is 13.8 Å². The highest BCUT2D eigenvalue weighted by molar-refractivity contribution is 6.31. The molecule has 24 heteroatoms. The van der Waals surface area contributed by atoms with Crippen molar-refractivity contribution in [2.24, 2.45) is 10.2 Å². The number of anilines is 2. The number of rotatable bonds is 12. The lowest BCUT2D eigenvalue weighted by molar-refractivity contribution is -0.402. The number of benzene rings is 4. The van der Waals surface area contributed by atoms with Gasteiger partial charge in [0.2, 0.25) is 11.4 Å². The van der Waals surface area contributed by atoms with E-state index >= 15 is 0 Å². The van der Waals surface area contributed by atoms with E-state index < -0.39 is 75.0 Å². The summed E-state index contributed by atoms with van der Waals surface area (Å²) in [5, 5.41) is 75.1. The average molecular weight is 759 g/mol. The molecule has 0 heterocycles. The van der Waals surface area contributed by atoms with Crippen LogP contribution in [0, 0.1) is 60.7 Å². The summed E-state index contributed by atoms with van der Waals surface area (Å²) in [7, 11) is 0. The van der Waals surface area contributed by atoms with E-state index in [4.69, 9.17) is 23.2 Å². The Hall–Kier alpha value is -7.20. The van der Waals surface area contributed by atoms with Crippen molar-refractivity contribution in [3.8, 4) is 0 Å². The van der Waals surface area contributed by atoms with Crippen molar-refractivity contribution in [1.29, 1.82) is 0 Å². The Morgan fingerprint density at radius 3 is 1.02 bits per heavy atom. The van der Waals surface area contributed by atoms with Crippen molar-refractivity contribution < 1.29 is 29.5 Å². The number of nitro groups is 6. The largest absolute Gasteiger partial charge is 0.308 e. The molecule has 268 valence electrons. The molecule has 0 bridgehead atoms. The maximum atomic E-state index is 11.2. The summed E-state index contributed by atoms with van der Waals surface area (Å²) in [4.78, 5) is 60.7. The molecule has 0 spiro atoms. The lowest BCUT2D eigenvalue weighted by Crippen LogP contribution is -2.05. The summed E-state index contributed by atoms with van der Waals surface area (Å²) >= 11 is 11.7. The Bertz CT molecular complexity index is 1970. The van der Waals surface area contributed by atoms with Crippen LogP contribution in [0.4, 0.5) is 45.5 Å². The molecule has 0 atom stereocenters. The quantitative estimate of drug-likeness (QED) is 0.0790. The Kier molecular flexibility index (Phi) is 12.8. The number of hydrogen-bond donors (Lipinski definition) is 2. The van der Waals surface area contributed by atoms with E-state index in [1.807, 2.05) is 0 Å². The molecule has 0 unspecified atom stereocenters. The molecule has 0 saturated heterocycles. The molecule has 52 heavy (non-hydrogen) atoms. The fraction of sp³-hybridized carbons (Fsp3) is 0.0714. The van der Waals surface area contributed by atoms with Crippen molar-refractivity contribution in [1.82, 2.24) is 0 Å². The number of halogens is 2. The van der Waals surface area contributed by atoms with Crippen LogP contribution in [0.3, 0.4) is 0 Å². The first-order valence-corrected chi connectivity index (χ1v) is 14.5. The predicted molar refractivity (Wildman–Crippen MR) is 187 cm³/mol. The molecule has 0 fully saturated rings. The van der Waals surface area contributed by atoms with Crippen LogP contribution in [0.1, 0.15) is 25.0 Å². The van der Waals surface area contributed by atoms with Crippen LogP contribution in [-0.4, -0.2) is 41.0 Å². The van der Waals surface area contributed by atoms with Gasteiger partial charge in [-0.25, -0.2) is 0 Å². The van der Waals surface area contributed by atoms with Gasteiger partial charge in [0, 0.05) is 10.0 Å². The highest BCUT2D eigenvalue weighted by atomic mass is 35.5. The molecule has 0 radical (unpaired) electrons. The van der Waals surface area contributed by atoms with Gasteiger partial charge in [-0.3, -0.25) is 71.5 Å². The third-order valence-corrected chi connectivity index (χ3v) is 7.00. The minimum absolute atomic E-state index is 0.342. The summed E-state index contributed by atoms with van der Waals surface area (Å²) < 4.78 is 0. The van der Waals surface area contributed by atoms with E-state index in [1.54, 1.807) is 62.4 Å². The molecular weight excluding hydrogens is 739 g/mol. The van der Waals surface area contributed by atoms with Gasteiger partial charge in [0.15, 0.2) is 0 Å². The van der Waals surface area contributed by atoms with Gasteiger partial charge < -0.3 is 0 Å².